The Morgan fingerprint density at radius 3 is 3.09 bits per heavy atom. The van der Waals surface area contributed by atoms with E-state index in [0.717, 1.165) is 37.4 Å². The molecule has 3 heteroatoms. The molecule has 0 amide bonds. The average Bonchev–Trinajstić information content (AvgIpc) is 2.01. The van der Waals surface area contributed by atoms with Crippen molar-refractivity contribution in [2.45, 2.75) is 32.3 Å². The molecule has 1 aliphatic rings. The van der Waals surface area contributed by atoms with Gasteiger partial charge < -0.3 is 4.74 Å². The molecule has 2 nitrogen and oxygen atoms in total. The van der Waals surface area contributed by atoms with Crippen LogP contribution in [0.2, 0.25) is 0 Å². The second-order valence-corrected chi connectivity index (χ2v) is 4.57. The van der Waals surface area contributed by atoms with Crippen LogP contribution in [0.15, 0.2) is 0 Å². The second-order valence-electron chi connectivity index (χ2n) is 2.95. The van der Waals surface area contributed by atoms with Crippen LogP contribution < -0.4 is 0 Å². The summed E-state index contributed by atoms with van der Waals surface area (Å²) >= 11 is 0. The van der Waals surface area contributed by atoms with Gasteiger partial charge in [0.15, 0.2) is 0 Å². The number of ether oxygens (including phenoxy) is 1. The lowest BCUT2D eigenvalue weighted by Gasteiger charge is -2.21. The van der Waals surface area contributed by atoms with Crippen molar-refractivity contribution in [3.8, 4) is 0 Å². The Morgan fingerprint density at radius 1 is 1.64 bits per heavy atom. The SMILES string of the molecule is CCCOC1CCCS(=O)C1. The molecular formula is C8H16O2S. The van der Waals surface area contributed by atoms with E-state index in [1.807, 2.05) is 0 Å². The first-order chi connectivity index (χ1) is 5.33. The van der Waals surface area contributed by atoms with Crippen molar-refractivity contribution in [3.05, 3.63) is 0 Å². The molecule has 0 saturated carbocycles. The lowest BCUT2D eigenvalue weighted by Crippen LogP contribution is -2.27. The Bertz CT molecular complexity index is 136. The molecule has 11 heavy (non-hydrogen) atoms. The molecule has 2 unspecified atom stereocenters. The molecule has 1 aliphatic heterocycles. The minimum Gasteiger partial charge on any atom is -0.377 e. The maximum absolute atomic E-state index is 11.1. The van der Waals surface area contributed by atoms with E-state index in [9.17, 15) is 4.21 Å². The summed E-state index contributed by atoms with van der Waals surface area (Å²) in [6.07, 6.45) is 3.51. The summed E-state index contributed by atoms with van der Waals surface area (Å²) in [5, 5.41) is 0. The summed E-state index contributed by atoms with van der Waals surface area (Å²) in [6.45, 7) is 2.92. The van der Waals surface area contributed by atoms with Gasteiger partial charge in [-0.05, 0) is 19.3 Å². The molecule has 0 radical (unpaired) electrons. The summed E-state index contributed by atoms with van der Waals surface area (Å²) in [4.78, 5) is 0. The molecule has 2 atom stereocenters. The molecule has 0 spiro atoms. The topological polar surface area (TPSA) is 26.3 Å². The van der Waals surface area contributed by atoms with E-state index in [0.29, 0.717) is 0 Å². The van der Waals surface area contributed by atoms with E-state index >= 15 is 0 Å². The standard InChI is InChI=1S/C8H16O2S/c1-2-5-10-8-4-3-6-11(9)7-8/h8H,2-7H2,1H3. The highest BCUT2D eigenvalue weighted by Crippen LogP contribution is 2.12. The second kappa shape index (κ2) is 4.88. The zero-order valence-corrected chi connectivity index (χ0v) is 7.86. The molecule has 1 fully saturated rings. The summed E-state index contributed by atoms with van der Waals surface area (Å²) < 4.78 is 16.6. The van der Waals surface area contributed by atoms with Gasteiger partial charge in [-0.1, -0.05) is 6.92 Å². The highest BCUT2D eigenvalue weighted by molar-refractivity contribution is 7.85. The largest absolute Gasteiger partial charge is 0.377 e. The van der Waals surface area contributed by atoms with E-state index in [-0.39, 0.29) is 6.10 Å². The first kappa shape index (κ1) is 9.20. The predicted octanol–water partition coefficient (Wildman–Crippen LogP) is 1.32. The Labute approximate surface area is 70.8 Å². The van der Waals surface area contributed by atoms with Gasteiger partial charge in [0.2, 0.25) is 0 Å². The van der Waals surface area contributed by atoms with Crippen molar-refractivity contribution in [1.82, 2.24) is 0 Å². The van der Waals surface area contributed by atoms with Crippen LogP contribution in [0, 0.1) is 0 Å². The predicted molar refractivity (Wildman–Crippen MR) is 47.1 cm³/mol. The van der Waals surface area contributed by atoms with Crippen LogP contribution in [-0.4, -0.2) is 28.4 Å². The molecule has 1 heterocycles. The minimum absolute atomic E-state index is 0.282. The quantitative estimate of drug-likeness (QED) is 0.648. The van der Waals surface area contributed by atoms with Crippen LogP contribution in [0.1, 0.15) is 26.2 Å². The summed E-state index contributed by atoms with van der Waals surface area (Å²) in [5.74, 6) is 1.64. The van der Waals surface area contributed by atoms with Gasteiger partial charge in [0, 0.05) is 28.9 Å². The van der Waals surface area contributed by atoms with E-state index in [2.05, 4.69) is 6.92 Å². The monoisotopic (exact) mass is 176 g/mol. The Kier molecular flexibility index (Phi) is 4.08. The van der Waals surface area contributed by atoms with Gasteiger partial charge >= 0.3 is 0 Å². The molecule has 0 aliphatic carbocycles. The fraction of sp³-hybridized carbons (Fsp3) is 1.00. The van der Waals surface area contributed by atoms with Crippen molar-refractivity contribution < 1.29 is 8.95 Å². The first-order valence-corrected chi connectivity index (χ1v) is 5.78. The van der Waals surface area contributed by atoms with Gasteiger partial charge in [0.1, 0.15) is 0 Å². The zero-order valence-electron chi connectivity index (χ0n) is 7.04. The minimum atomic E-state index is -0.599. The van der Waals surface area contributed by atoms with Gasteiger partial charge in [0.25, 0.3) is 0 Å². The van der Waals surface area contributed by atoms with Crippen molar-refractivity contribution in [3.63, 3.8) is 0 Å². The van der Waals surface area contributed by atoms with Gasteiger partial charge in [-0.15, -0.1) is 0 Å². The third-order valence-electron chi connectivity index (χ3n) is 1.83. The lowest BCUT2D eigenvalue weighted by molar-refractivity contribution is 0.0610. The Morgan fingerprint density at radius 2 is 2.45 bits per heavy atom. The van der Waals surface area contributed by atoms with E-state index < -0.39 is 10.8 Å². The van der Waals surface area contributed by atoms with Crippen molar-refractivity contribution in [2.75, 3.05) is 18.1 Å². The van der Waals surface area contributed by atoms with Crippen molar-refractivity contribution >= 4 is 10.8 Å². The number of rotatable bonds is 3. The zero-order chi connectivity index (χ0) is 8.10. The van der Waals surface area contributed by atoms with Crippen molar-refractivity contribution in [1.29, 1.82) is 0 Å². The van der Waals surface area contributed by atoms with Gasteiger partial charge in [-0.2, -0.15) is 0 Å². The Balaban J connectivity index is 2.17. The van der Waals surface area contributed by atoms with Gasteiger partial charge in [-0.25, -0.2) is 0 Å². The Hall–Kier alpha value is 0.110. The summed E-state index contributed by atoms with van der Waals surface area (Å²) in [6, 6.07) is 0. The van der Waals surface area contributed by atoms with E-state index in [1.54, 1.807) is 0 Å². The molecule has 1 rings (SSSR count). The van der Waals surface area contributed by atoms with Crippen molar-refractivity contribution in [2.24, 2.45) is 0 Å². The normalized spacial score (nSPS) is 32.1. The molecule has 0 aromatic heterocycles. The smallest absolute Gasteiger partial charge is 0.0690 e. The number of hydrogen-bond donors (Lipinski definition) is 0. The van der Waals surface area contributed by atoms with Crippen LogP contribution in [-0.2, 0) is 15.5 Å². The third-order valence-corrected chi connectivity index (χ3v) is 3.32. The molecule has 0 aromatic carbocycles. The highest BCUT2D eigenvalue weighted by Gasteiger charge is 2.18. The van der Waals surface area contributed by atoms with Crippen LogP contribution in [0.3, 0.4) is 0 Å². The van der Waals surface area contributed by atoms with Gasteiger partial charge in [-0.3, -0.25) is 4.21 Å². The van der Waals surface area contributed by atoms with Crippen LogP contribution in [0.4, 0.5) is 0 Å². The fourth-order valence-electron chi connectivity index (χ4n) is 1.26. The maximum Gasteiger partial charge on any atom is 0.0690 e. The van der Waals surface area contributed by atoms with E-state index in [1.165, 1.54) is 0 Å². The van der Waals surface area contributed by atoms with E-state index in [4.69, 9.17) is 4.74 Å². The first-order valence-electron chi connectivity index (χ1n) is 4.29. The molecule has 1 saturated heterocycles. The molecule has 66 valence electrons. The maximum atomic E-state index is 11.1. The van der Waals surface area contributed by atoms with Crippen LogP contribution in [0.5, 0.6) is 0 Å². The fourth-order valence-corrected chi connectivity index (χ4v) is 2.59. The molecule has 0 bridgehead atoms. The molecular weight excluding hydrogens is 160 g/mol. The lowest BCUT2D eigenvalue weighted by atomic mass is 10.2. The highest BCUT2D eigenvalue weighted by atomic mass is 32.2. The van der Waals surface area contributed by atoms with Crippen LogP contribution >= 0.6 is 0 Å². The molecule has 0 aromatic rings. The molecule has 0 N–H and O–H groups in total. The number of hydrogen-bond acceptors (Lipinski definition) is 2. The average molecular weight is 176 g/mol. The summed E-state index contributed by atoms with van der Waals surface area (Å²) in [7, 11) is -0.599. The van der Waals surface area contributed by atoms with Gasteiger partial charge in [0.05, 0.1) is 6.10 Å². The third kappa shape index (κ3) is 3.34. The summed E-state index contributed by atoms with van der Waals surface area (Å²) in [5.41, 5.74) is 0. The van der Waals surface area contributed by atoms with Crippen LogP contribution in [0.25, 0.3) is 0 Å².